The highest BCUT2D eigenvalue weighted by molar-refractivity contribution is 4.48. The van der Waals surface area contributed by atoms with Gasteiger partial charge in [-0.2, -0.15) is 10.4 Å². The molecule has 2 atom stereocenters. The van der Waals surface area contributed by atoms with Gasteiger partial charge in [-0.05, 0) is 0 Å². The standard InChI is InChI=1S/C3H11N5O4/c9-7(10)5-1-4-2-6(3-5)8(11)12/h4,7-9,11H,1-3H2. The number of rotatable bonds is 2. The summed E-state index contributed by atoms with van der Waals surface area (Å²) in [6.07, 6.45) is 0. The van der Waals surface area contributed by atoms with Gasteiger partial charge in [-0.3, -0.25) is 5.32 Å². The minimum atomic E-state index is -1.13. The molecule has 1 aliphatic rings. The minimum Gasteiger partial charge on any atom is -0.579 e. The topological polar surface area (TPSA) is 114 Å². The zero-order valence-corrected chi connectivity index (χ0v) is 6.23. The molecule has 12 heavy (non-hydrogen) atoms. The second-order valence-corrected chi connectivity index (χ2v) is 2.35. The molecule has 0 saturated carbocycles. The molecule has 1 saturated heterocycles. The summed E-state index contributed by atoms with van der Waals surface area (Å²) >= 11 is 0. The van der Waals surface area contributed by atoms with Crippen molar-refractivity contribution in [2.24, 2.45) is 0 Å². The lowest BCUT2D eigenvalue weighted by Gasteiger charge is -2.37. The molecule has 9 nitrogen and oxygen atoms in total. The Kier molecular flexibility index (Phi) is 3.28. The van der Waals surface area contributed by atoms with E-state index in [1.165, 1.54) is 0 Å². The molecule has 0 aromatic carbocycles. The summed E-state index contributed by atoms with van der Waals surface area (Å²) < 4.78 is 0. The third-order valence-corrected chi connectivity index (χ3v) is 1.49. The fraction of sp³-hybridized carbons (Fsp3) is 1.00. The predicted octanol–water partition coefficient (Wildman–Crippen LogP) is -4.56. The van der Waals surface area contributed by atoms with Crippen LogP contribution < -0.4 is 16.0 Å². The summed E-state index contributed by atoms with van der Waals surface area (Å²) in [5.41, 5.74) is 0. The van der Waals surface area contributed by atoms with Crippen molar-refractivity contribution in [3.05, 3.63) is 10.4 Å². The van der Waals surface area contributed by atoms with Gasteiger partial charge in [0.1, 0.15) is 13.3 Å². The van der Waals surface area contributed by atoms with Crippen LogP contribution >= 0.6 is 0 Å². The molecule has 0 aliphatic carbocycles. The average molecular weight is 181 g/mol. The predicted molar refractivity (Wildman–Crippen MR) is 33.6 cm³/mol. The molecular formula is C3H11N5O4. The minimum absolute atomic E-state index is 0.0995. The fourth-order valence-electron chi connectivity index (χ4n) is 0.882. The summed E-state index contributed by atoms with van der Waals surface area (Å²) in [7, 11) is 0. The highest BCUT2D eigenvalue weighted by Gasteiger charge is 2.24. The molecule has 0 amide bonds. The second-order valence-electron chi connectivity index (χ2n) is 2.35. The molecular weight excluding hydrogens is 170 g/mol. The Morgan fingerprint density at radius 2 is 1.50 bits per heavy atom. The van der Waals surface area contributed by atoms with E-state index in [1.54, 1.807) is 0 Å². The van der Waals surface area contributed by atoms with Crippen LogP contribution in [-0.2, 0) is 0 Å². The molecule has 1 aliphatic heterocycles. The molecule has 9 heteroatoms. The maximum absolute atomic E-state index is 10.4. The lowest BCUT2D eigenvalue weighted by atomic mass is 10.7. The van der Waals surface area contributed by atoms with E-state index >= 15 is 0 Å². The van der Waals surface area contributed by atoms with Crippen molar-refractivity contribution in [3.8, 4) is 0 Å². The van der Waals surface area contributed by atoms with Gasteiger partial charge >= 0.3 is 0 Å². The van der Waals surface area contributed by atoms with E-state index < -0.39 is 10.7 Å². The summed E-state index contributed by atoms with van der Waals surface area (Å²) in [4.78, 5) is 0. The van der Waals surface area contributed by atoms with E-state index in [0.29, 0.717) is 0 Å². The Bertz CT molecular complexity index is 129. The molecule has 2 unspecified atom stereocenters. The first-order valence-corrected chi connectivity index (χ1v) is 3.27. The fourth-order valence-corrected chi connectivity index (χ4v) is 0.882. The van der Waals surface area contributed by atoms with Crippen molar-refractivity contribution in [3.63, 3.8) is 0 Å². The normalized spacial score (nSPS) is 27.0. The molecule has 72 valence electrons. The van der Waals surface area contributed by atoms with E-state index in [1.807, 2.05) is 0 Å². The van der Waals surface area contributed by atoms with Crippen LogP contribution in [0.15, 0.2) is 0 Å². The lowest BCUT2D eigenvalue weighted by molar-refractivity contribution is -1.17. The van der Waals surface area contributed by atoms with Crippen molar-refractivity contribution in [2.45, 2.75) is 0 Å². The molecule has 0 bridgehead atoms. The van der Waals surface area contributed by atoms with Crippen molar-refractivity contribution >= 4 is 0 Å². The Balaban J connectivity index is 2.40. The highest BCUT2D eigenvalue weighted by atomic mass is 16.8. The van der Waals surface area contributed by atoms with E-state index in [2.05, 4.69) is 5.32 Å². The van der Waals surface area contributed by atoms with Crippen molar-refractivity contribution in [1.82, 2.24) is 15.3 Å². The van der Waals surface area contributed by atoms with Crippen LogP contribution in [0, 0.1) is 10.4 Å². The molecule has 1 heterocycles. The van der Waals surface area contributed by atoms with Crippen LogP contribution in [0.2, 0.25) is 0 Å². The monoisotopic (exact) mass is 181 g/mol. The number of quaternary nitrogens is 2. The first-order chi connectivity index (χ1) is 5.61. The van der Waals surface area contributed by atoms with Gasteiger partial charge in [0, 0.05) is 0 Å². The Morgan fingerprint density at radius 1 is 1.08 bits per heavy atom. The van der Waals surface area contributed by atoms with Crippen LogP contribution in [0.25, 0.3) is 0 Å². The third-order valence-electron chi connectivity index (χ3n) is 1.49. The average Bonchev–Trinajstić information content (AvgIpc) is 2.04. The Hall–Kier alpha value is -0.360. The lowest BCUT2D eigenvalue weighted by Crippen LogP contribution is -3.18. The SMILES string of the molecule is [O-][NH+](O)N1CNCN([NH+]([O-])O)C1. The Labute approximate surface area is 68.0 Å². The van der Waals surface area contributed by atoms with E-state index in [0.717, 1.165) is 10.0 Å². The first-order valence-electron chi connectivity index (χ1n) is 3.27. The summed E-state index contributed by atoms with van der Waals surface area (Å²) in [6, 6.07) is 0. The van der Waals surface area contributed by atoms with Crippen LogP contribution in [-0.4, -0.2) is 40.4 Å². The zero-order valence-electron chi connectivity index (χ0n) is 6.23. The second kappa shape index (κ2) is 4.04. The third kappa shape index (κ3) is 2.31. The van der Waals surface area contributed by atoms with Gasteiger partial charge in [-0.1, -0.05) is 10.0 Å². The summed E-state index contributed by atoms with van der Waals surface area (Å²) in [5.74, 6) is 0. The van der Waals surface area contributed by atoms with Crippen molar-refractivity contribution in [1.29, 1.82) is 0 Å². The molecule has 0 aromatic rings. The van der Waals surface area contributed by atoms with Gasteiger partial charge in [0.05, 0.1) is 0 Å². The van der Waals surface area contributed by atoms with Gasteiger partial charge in [0.25, 0.3) is 0 Å². The maximum atomic E-state index is 10.4. The van der Waals surface area contributed by atoms with E-state index in [-0.39, 0.29) is 20.0 Å². The van der Waals surface area contributed by atoms with E-state index in [4.69, 9.17) is 10.4 Å². The van der Waals surface area contributed by atoms with Crippen LogP contribution in [0.4, 0.5) is 0 Å². The summed E-state index contributed by atoms with van der Waals surface area (Å²) in [5, 5.41) is 40.1. The van der Waals surface area contributed by atoms with Gasteiger partial charge in [-0.25, -0.2) is 0 Å². The van der Waals surface area contributed by atoms with Crippen LogP contribution in [0.3, 0.4) is 0 Å². The summed E-state index contributed by atoms with van der Waals surface area (Å²) in [6.45, 7) is 0.232. The molecule has 1 rings (SSSR count). The number of hydrogen-bond acceptors (Lipinski definition) is 7. The zero-order chi connectivity index (χ0) is 9.14. The first kappa shape index (κ1) is 9.73. The van der Waals surface area contributed by atoms with Crippen molar-refractivity contribution in [2.75, 3.05) is 20.0 Å². The number of nitrogens with one attached hydrogen (secondary N) is 3. The van der Waals surface area contributed by atoms with E-state index in [9.17, 15) is 10.4 Å². The number of nitrogens with zero attached hydrogens (tertiary/aromatic N) is 2. The maximum Gasteiger partial charge on any atom is 0.156 e. The molecule has 1 fully saturated rings. The van der Waals surface area contributed by atoms with Gasteiger partial charge in [-0.15, -0.1) is 10.7 Å². The van der Waals surface area contributed by atoms with Crippen molar-refractivity contribution < 1.29 is 21.1 Å². The van der Waals surface area contributed by atoms with Crippen LogP contribution in [0.5, 0.6) is 0 Å². The molecule has 0 spiro atoms. The highest BCUT2D eigenvalue weighted by Crippen LogP contribution is 1.84. The quantitative estimate of drug-likeness (QED) is 0.272. The van der Waals surface area contributed by atoms with Gasteiger partial charge < -0.3 is 10.4 Å². The Morgan fingerprint density at radius 3 is 1.83 bits per heavy atom. The van der Waals surface area contributed by atoms with Crippen LogP contribution in [0.1, 0.15) is 0 Å². The molecule has 5 N–H and O–H groups in total. The smallest absolute Gasteiger partial charge is 0.156 e. The van der Waals surface area contributed by atoms with Gasteiger partial charge in [0.15, 0.2) is 6.67 Å². The largest absolute Gasteiger partial charge is 0.579 e. The number of hydrogen-bond donors (Lipinski definition) is 5. The molecule has 0 radical (unpaired) electrons. The molecule has 0 aromatic heterocycles. The van der Waals surface area contributed by atoms with Gasteiger partial charge in [0.2, 0.25) is 0 Å².